The third-order valence-electron chi connectivity index (χ3n) is 7.59. The van der Waals surface area contributed by atoms with Crippen LogP contribution in [0.25, 0.3) is 0 Å². The zero-order valence-electron chi connectivity index (χ0n) is 21.4. The summed E-state index contributed by atoms with van der Waals surface area (Å²) in [5, 5.41) is 0. The second kappa shape index (κ2) is 10.8. The Labute approximate surface area is 215 Å². The Bertz CT molecular complexity index is 1240. The van der Waals surface area contributed by atoms with Crippen molar-refractivity contribution in [3.05, 3.63) is 101 Å². The van der Waals surface area contributed by atoms with Gasteiger partial charge in [0.2, 0.25) is 0 Å². The molecule has 0 radical (unpaired) electrons. The van der Waals surface area contributed by atoms with Crippen LogP contribution in [-0.4, -0.2) is 39.3 Å². The molecule has 0 amide bonds. The monoisotopic (exact) mass is 509 g/mol. The number of halogens is 1. The fourth-order valence-electron chi connectivity index (χ4n) is 5.12. The van der Waals surface area contributed by atoms with E-state index in [0.29, 0.717) is 18.1 Å². The summed E-state index contributed by atoms with van der Waals surface area (Å²) in [6.07, 6.45) is 4.06. The van der Waals surface area contributed by atoms with Crippen molar-refractivity contribution in [1.29, 1.82) is 0 Å². The van der Waals surface area contributed by atoms with Gasteiger partial charge in [-0.3, -0.25) is 4.90 Å². The normalized spacial score (nSPS) is 19.0. The molecular weight excluding hydrogens is 473 g/mol. The first-order chi connectivity index (χ1) is 17.1. The van der Waals surface area contributed by atoms with E-state index in [1.54, 1.807) is 12.1 Å². The predicted octanol–water partition coefficient (Wildman–Crippen LogP) is 6.01. The average molecular weight is 510 g/mol. The quantitative estimate of drug-likeness (QED) is 0.336. The minimum atomic E-state index is -3.23. The van der Waals surface area contributed by atoms with Crippen LogP contribution < -0.4 is 0 Å². The van der Waals surface area contributed by atoms with Gasteiger partial charge in [0.25, 0.3) is 0 Å². The minimum absolute atomic E-state index is 0.0207. The summed E-state index contributed by atoms with van der Waals surface area (Å²) >= 11 is 0. The number of hydrogen-bond acceptors (Lipinski definition) is 4. The zero-order valence-corrected chi connectivity index (χ0v) is 22.2. The van der Waals surface area contributed by atoms with Crippen molar-refractivity contribution < 1.29 is 17.5 Å². The largest absolute Gasteiger partial charge is 0.376 e. The highest BCUT2D eigenvalue weighted by molar-refractivity contribution is 7.90. The van der Waals surface area contributed by atoms with Crippen LogP contribution in [0.15, 0.2) is 83.8 Å². The number of ether oxygens (including phenoxy) is 1. The number of nitrogens with zero attached hydrogens (tertiary/aromatic N) is 1. The number of sulfone groups is 1. The van der Waals surface area contributed by atoms with Gasteiger partial charge in [0.1, 0.15) is 5.82 Å². The summed E-state index contributed by atoms with van der Waals surface area (Å²) < 4.78 is 43.5. The minimum Gasteiger partial charge on any atom is -0.376 e. The molecule has 0 aliphatic carbocycles. The number of rotatable bonds is 10. The lowest BCUT2D eigenvalue weighted by Gasteiger charge is -2.38. The first-order valence-electron chi connectivity index (χ1n) is 12.5. The maximum atomic E-state index is 13.4. The number of benzene rings is 3. The lowest BCUT2D eigenvalue weighted by Crippen LogP contribution is -2.42. The fourth-order valence-corrected chi connectivity index (χ4v) is 5.75. The van der Waals surface area contributed by atoms with Crippen molar-refractivity contribution in [3.8, 4) is 0 Å². The Morgan fingerprint density at radius 3 is 2.25 bits per heavy atom. The van der Waals surface area contributed by atoms with Crippen LogP contribution in [0.1, 0.15) is 43.4 Å². The van der Waals surface area contributed by atoms with E-state index in [1.165, 1.54) is 18.4 Å². The van der Waals surface area contributed by atoms with E-state index in [-0.39, 0.29) is 16.8 Å². The molecule has 0 spiro atoms. The molecule has 1 atom stereocenters. The van der Waals surface area contributed by atoms with E-state index < -0.39 is 9.84 Å². The molecule has 6 heteroatoms. The molecule has 1 heterocycles. The third-order valence-corrected chi connectivity index (χ3v) is 8.72. The van der Waals surface area contributed by atoms with Crippen LogP contribution in [-0.2, 0) is 33.1 Å². The van der Waals surface area contributed by atoms with Gasteiger partial charge >= 0.3 is 0 Å². The van der Waals surface area contributed by atoms with E-state index in [4.69, 9.17) is 4.74 Å². The van der Waals surface area contributed by atoms with Gasteiger partial charge in [0, 0.05) is 23.8 Å². The van der Waals surface area contributed by atoms with Crippen LogP contribution in [0.2, 0.25) is 0 Å². The first kappa shape index (κ1) is 26.5. The molecule has 1 fully saturated rings. The van der Waals surface area contributed by atoms with Crippen molar-refractivity contribution in [2.75, 3.05) is 26.0 Å². The molecule has 0 bridgehead atoms. The molecule has 4 nitrogen and oxygen atoms in total. The Hall–Kier alpha value is -2.54. The molecular formula is C30H36FNO3S. The second-order valence-electron chi connectivity index (χ2n) is 10.6. The summed E-state index contributed by atoms with van der Waals surface area (Å²) in [6, 6.07) is 24.3. The van der Waals surface area contributed by atoms with Crippen LogP contribution in [0.5, 0.6) is 0 Å². The predicted molar refractivity (Wildman–Crippen MR) is 142 cm³/mol. The number of likely N-dealkylation sites (tertiary alicyclic amines) is 1. The topological polar surface area (TPSA) is 46.6 Å². The van der Waals surface area contributed by atoms with E-state index in [0.717, 1.165) is 49.0 Å². The molecule has 0 aromatic heterocycles. The van der Waals surface area contributed by atoms with E-state index in [2.05, 4.69) is 30.9 Å². The Morgan fingerprint density at radius 1 is 0.944 bits per heavy atom. The van der Waals surface area contributed by atoms with Crippen molar-refractivity contribution in [1.82, 2.24) is 4.90 Å². The molecule has 1 saturated heterocycles. The lowest BCUT2D eigenvalue weighted by molar-refractivity contribution is 0.0240. The number of hydrogen-bond donors (Lipinski definition) is 0. The van der Waals surface area contributed by atoms with Crippen molar-refractivity contribution in [3.63, 3.8) is 0 Å². The maximum absolute atomic E-state index is 13.4. The highest BCUT2D eigenvalue weighted by Gasteiger charge is 2.43. The number of aryl methyl sites for hydroxylation is 1. The first-order valence-corrected chi connectivity index (χ1v) is 14.4. The highest BCUT2D eigenvalue weighted by atomic mass is 32.2. The lowest BCUT2D eigenvalue weighted by atomic mass is 9.81. The molecule has 192 valence electrons. The van der Waals surface area contributed by atoms with Gasteiger partial charge in [-0.1, -0.05) is 54.6 Å². The molecule has 0 saturated carbocycles. The third kappa shape index (κ3) is 6.41. The zero-order chi connectivity index (χ0) is 25.8. The molecule has 1 aliphatic rings. The molecule has 3 aromatic carbocycles. The molecule has 0 unspecified atom stereocenters. The summed E-state index contributed by atoms with van der Waals surface area (Å²) in [5.74, 6) is -0.213. The Kier molecular flexibility index (Phi) is 7.98. The van der Waals surface area contributed by atoms with E-state index in [1.807, 2.05) is 42.5 Å². The highest BCUT2D eigenvalue weighted by Crippen LogP contribution is 2.42. The van der Waals surface area contributed by atoms with Crippen LogP contribution >= 0.6 is 0 Å². The summed E-state index contributed by atoms with van der Waals surface area (Å²) in [5.41, 5.74) is 3.11. The smallest absolute Gasteiger partial charge is 0.175 e. The Morgan fingerprint density at radius 2 is 1.61 bits per heavy atom. The van der Waals surface area contributed by atoms with Gasteiger partial charge in [-0.2, -0.15) is 0 Å². The molecule has 1 aliphatic heterocycles. The molecule has 0 N–H and O–H groups in total. The van der Waals surface area contributed by atoms with Gasteiger partial charge in [-0.05, 0) is 80.6 Å². The Balaban J connectivity index is 1.50. The van der Waals surface area contributed by atoms with Gasteiger partial charge in [-0.25, -0.2) is 12.8 Å². The van der Waals surface area contributed by atoms with E-state index in [9.17, 15) is 12.8 Å². The maximum Gasteiger partial charge on any atom is 0.175 e. The van der Waals surface area contributed by atoms with Gasteiger partial charge in [0.05, 0.1) is 18.1 Å². The fraction of sp³-hybridized carbons (Fsp3) is 0.400. The van der Waals surface area contributed by atoms with Gasteiger partial charge in [-0.15, -0.1) is 0 Å². The summed E-state index contributed by atoms with van der Waals surface area (Å²) in [6.45, 7) is 7.44. The molecule has 4 rings (SSSR count). The SMILES string of the molecule is CC(C)(c1ccc(S(C)(=O)=O)cc1)N1CC[C@@](CCc2ccc(F)cc2)(COCc2ccccc2)C1. The second-order valence-corrected chi connectivity index (χ2v) is 12.6. The molecule has 36 heavy (non-hydrogen) atoms. The average Bonchev–Trinajstić information content (AvgIpc) is 3.29. The van der Waals surface area contributed by atoms with Crippen LogP contribution in [0.4, 0.5) is 4.39 Å². The van der Waals surface area contributed by atoms with Crippen LogP contribution in [0, 0.1) is 11.2 Å². The van der Waals surface area contributed by atoms with Crippen molar-refractivity contribution >= 4 is 9.84 Å². The molecule has 3 aromatic rings. The summed E-state index contributed by atoms with van der Waals surface area (Å²) in [4.78, 5) is 2.82. The van der Waals surface area contributed by atoms with Gasteiger partial charge in [0.15, 0.2) is 9.84 Å². The van der Waals surface area contributed by atoms with Gasteiger partial charge < -0.3 is 4.74 Å². The van der Waals surface area contributed by atoms with Crippen LogP contribution in [0.3, 0.4) is 0 Å². The van der Waals surface area contributed by atoms with Crippen molar-refractivity contribution in [2.24, 2.45) is 5.41 Å². The standard InChI is InChI=1S/C30H36FNO3S/c1-29(2,26-11-15-28(16-12-26)36(3,33)34)32-20-19-30(22-32,18-17-24-9-13-27(31)14-10-24)23-35-21-25-7-5-4-6-8-25/h4-16H,17-23H2,1-3H3/t30-/m1/s1. The van der Waals surface area contributed by atoms with E-state index >= 15 is 0 Å². The summed E-state index contributed by atoms with van der Waals surface area (Å²) in [7, 11) is -3.23. The van der Waals surface area contributed by atoms with Crippen molar-refractivity contribution in [2.45, 2.75) is 50.2 Å².